The molecule has 0 aliphatic heterocycles. The smallest absolute Gasteiger partial charge is 0.207 e. The molecule has 1 rings (SSSR count). The van der Waals surface area contributed by atoms with Crippen molar-refractivity contribution in [3.05, 3.63) is 29.6 Å². The summed E-state index contributed by atoms with van der Waals surface area (Å²) in [6.45, 7) is 6.48. The second-order valence-corrected chi connectivity index (χ2v) is 6.66. The average Bonchev–Trinajstić information content (AvgIpc) is 2.44. The summed E-state index contributed by atoms with van der Waals surface area (Å²) < 4.78 is 39.6. The molecule has 0 saturated carbocycles. The van der Waals surface area contributed by atoms with Crippen molar-refractivity contribution in [3.8, 4) is 6.07 Å². The van der Waals surface area contributed by atoms with Crippen molar-refractivity contribution < 1.29 is 12.8 Å². The summed E-state index contributed by atoms with van der Waals surface area (Å²) in [4.78, 5) is -0.0411. The van der Waals surface area contributed by atoms with Crippen molar-refractivity contribution in [2.24, 2.45) is 5.92 Å². The Morgan fingerprint density at radius 1 is 1.40 bits per heavy atom. The van der Waals surface area contributed by atoms with Gasteiger partial charge in [-0.1, -0.05) is 27.2 Å². The summed E-state index contributed by atoms with van der Waals surface area (Å²) in [7, 11) is -3.69. The molecule has 0 bridgehead atoms. The maximum absolute atomic E-state index is 13.3. The number of halogens is 1. The lowest BCUT2D eigenvalue weighted by molar-refractivity contribution is 0.361. The summed E-state index contributed by atoms with van der Waals surface area (Å²) in [6.07, 6.45) is 0.874. The molecule has 6 heteroatoms. The Morgan fingerprint density at radius 3 is 2.55 bits per heavy atom. The van der Waals surface area contributed by atoms with E-state index in [1.807, 2.05) is 13.8 Å². The average molecular weight is 298 g/mol. The Labute approximate surface area is 119 Å². The number of sulfonamides is 1. The molecule has 0 amide bonds. The number of hydrogen-bond donors (Lipinski definition) is 0. The summed E-state index contributed by atoms with van der Waals surface area (Å²) in [5.41, 5.74) is -0.259. The third kappa shape index (κ3) is 3.56. The van der Waals surface area contributed by atoms with E-state index < -0.39 is 15.8 Å². The lowest BCUT2D eigenvalue weighted by atomic mass is 10.1. The maximum atomic E-state index is 13.3. The monoisotopic (exact) mass is 298 g/mol. The largest absolute Gasteiger partial charge is 0.243 e. The van der Waals surface area contributed by atoms with Gasteiger partial charge in [-0.2, -0.15) is 9.57 Å². The van der Waals surface area contributed by atoms with Crippen molar-refractivity contribution in [2.75, 3.05) is 13.1 Å². The highest BCUT2D eigenvalue weighted by molar-refractivity contribution is 7.89. The fourth-order valence-electron chi connectivity index (χ4n) is 1.77. The van der Waals surface area contributed by atoms with E-state index in [-0.39, 0.29) is 16.4 Å². The molecule has 0 radical (unpaired) electrons. The van der Waals surface area contributed by atoms with Gasteiger partial charge in [0.1, 0.15) is 11.9 Å². The van der Waals surface area contributed by atoms with Crippen LogP contribution in [0, 0.1) is 23.1 Å². The standard InChI is InChI=1S/C14H19FN2O2S/c1-4-11(3)10-17(5-2)20(18,19)13-6-7-14(15)12(8-13)9-16/h6-8,11H,4-5,10H2,1-3H3. The van der Waals surface area contributed by atoms with Crippen molar-refractivity contribution in [2.45, 2.75) is 32.1 Å². The molecule has 110 valence electrons. The Kier molecular flexibility index (Phi) is 5.66. The lowest BCUT2D eigenvalue weighted by Crippen LogP contribution is -2.34. The molecular formula is C14H19FN2O2S. The van der Waals surface area contributed by atoms with E-state index in [0.717, 1.165) is 18.6 Å². The third-order valence-corrected chi connectivity index (χ3v) is 5.20. The van der Waals surface area contributed by atoms with E-state index in [4.69, 9.17) is 5.26 Å². The quantitative estimate of drug-likeness (QED) is 0.811. The normalized spacial score (nSPS) is 13.2. The molecular weight excluding hydrogens is 279 g/mol. The molecule has 0 heterocycles. The minimum Gasteiger partial charge on any atom is -0.207 e. The SMILES string of the molecule is CCC(C)CN(CC)S(=O)(=O)c1ccc(F)c(C#N)c1. The molecule has 20 heavy (non-hydrogen) atoms. The molecule has 0 aliphatic rings. The van der Waals surface area contributed by atoms with E-state index >= 15 is 0 Å². The molecule has 0 aliphatic carbocycles. The Bertz CT molecular complexity index is 608. The molecule has 1 aromatic carbocycles. The van der Waals surface area contributed by atoms with Gasteiger partial charge in [0.2, 0.25) is 10.0 Å². The fraction of sp³-hybridized carbons (Fsp3) is 0.500. The van der Waals surface area contributed by atoms with Crippen LogP contribution in [-0.2, 0) is 10.0 Å². The highest BCUT2D eigenvalue weighted by Gasteiger charge is 2.25. The van der Waals surface area contributed by atoms with Gasteiger partial charge in [0.05, 0.1) is 10.5 Å². The van der Waals surface area contributed by atoms with Crippen LogP contribution in [0.3, 0.4) is 0 Å². The van der Waals surface area contributed by atoms with Gasteiger partial charge >= 0.3 is 0 Å². The zero-order valence-electron chi connectivity index (χ0n) is 11.9. The first-order chi connectivity index (χ1) is 9.36. The second-order valence-electron chi connectivity index (χ2n) is 4.72. The molecule has 0 aromatic heterocycles. The van der Waals surface area contributed by atoms with Crippen LogP contribution in [0.15, 0.2) is 23.1 Å². The van der Waals surface area contributed by atoms with E-state index in [1.165, 1.54) is 10.4 Å². The van der Waals surface area contributed by atoms with E-state index in [2.05, 4.69) is 0 Å². The Hall–Kier alpha value is -1.45. The van der Waals surface area contributed by atoms with Crippen molar-refractivity contribution in [3.63, 3.8) is 0 Å². The maximum Gasteiger partial charge on any atom is 0.243 e. The summed E-state index contributed by atoms with van der Waals surface area (Å²) >= 11 is 0. The van der Waals surface area contributed by atoms with Crippen LogP contribution in [0.25, 0.3) is 0 Å². The zero-order valence-corrected chi connectivity index (χ0v) is 12.7. The molecule has 0 spiro atoms. The molecule has 1 aromatic rings. The molecule has 0 fully saturated rings. The van der Waals surface area contributed by atoms with Gasteiger partial charge in [-0.05, 0) is 24.1 Å². The topological polar surface area (TPSA) is 61.2 Å². The fourth-order valence-corrected chi connectivity index (χ4v) is 3.37. The number of rotatable bonds is 6. The van der Waals surface area contributed by atoms with Crippen LogP contribution in [0.1, 0.15) is 32.8 Å². The first-order valence-electron chi connectivity index (χ1n) is 6.56. The van der Waals surface area contributed by atoms with Crippen molar-refractivity contribution >= 4 is 10.0 Å². The number of nitrogens with zero attached hydrogens (tertiary/aromatic N) is 2. The van der Waals surface area contributed by atoms with Gasteiger partial charge in [-0.3, -0.25) is 0 Å². The molecule has 0 N–H and O–H groups in total. The van der Waals surface area contributed by atoms with Crippen LogP contribution in [-0.4, -0.2) is 25.8 Å². The van der Waals surface area contributed by atoms with Gasteiger partial charge < -0.3 is 0 Å². The summed E-state index contributed by atoms with van der Waals surface area (Å²) in [6, 6.07) is 4.96. The van der Waals surface area contributed by atoms with E-state index in [9.17, 15) is 12.8 Å². The predicted molar refractivity (Wildman–Crippen MR) is 75.0 cm³/mol. The van der Waals surface area contributed by atoms with E-state index in [1.54, 1.807) is 13.0 Å². The van der Waals surface area contributed by atoms with Crippen LogP contribution >= 0.6 is 0 Å². The minimum absolute atomic E-state index is 0.0411. The van der Waals surface area contributed by atoms with Crippen LogP contribution < -0.4 is 0 Å². The van der Waals surface area contributed by atoms with Crippen LogP contribution in [0.5, 0.6) is 0 Å². The number of nitriles is 1. The molecule has 0 saturated heterocycles. The van der Waals surface area contributed by atoms with Gasteiger partial charge in [0.15, 0.2) is 0 Å². The van der Waals surface area contributed by atoms with E-state index in [0.29, 0.717) is 13.1 Å². The van der Waals surface area contributed by atoms with Gasteiger partial charge in [0, 0.05) is 13.1 Å². The highest BCUT2D eigenvalue weighted by Crippen LogP contribution is 2.20. The Balaban J connectivity index is 3.18. The zero-order chi connectivity index (χ0) is 15.3. The predicted octanol–water partition coefficient (Wildman–Crippen LogP) is 2.75. The van der Waals surface area contributed by atoms with Crippen molar-refractivity contribution in [1.29, 1.82) is 5.26 Å². The minimum atomic E-state index is -3.69. The summed E-state index contributed by atoms with van der Waals surface area (Å²) in [5.74, 6) is -0.475. The van der Waals surface area contributed by atoms with Crippen molar-refractivity contribution in [1.82, 2.24) is 4.31 Å². The first-order valence-corrected chi connectivity index (χ1v) is 8.00. The molecule has 1 unspecified atom stereocenters. The third-order valence-electron chi connectivity index (χ3n) is 3.26. The van der Waals surface area contributed by atoms with Crippen LogP contribution in [0.2, 0.25) is 0 Å². The number of benzene rings is 1. The second kappa shape index (κ2) is 6.82. The summed E-state index contributed by atoms with van der Waals surface area (Å²) in [5, 5.41) is 8.79. The first kappa shape index (κ1) is 16.6. The molecule has 1 atom stereocenters. The number of hydrogen-bond acceptors (Lipinski definition) is 3. The van der Waals surface area contributed by atoms with Crippen LogP contribution in [0.4, 0.5) is 4.39 Å². The van der Waals surface area contributed by atoms with Gasteiger partial charge in [0.25, 0.3) is 0 Å². The highest BCUT2D eigenvalue weighted by atomic mass is 32.2. The van der Waals surface area contributed by atoms with Gasteiger partial charge in [-0.25, -0.2) is 12.8 Å². The molecule has 4 nitrogen and oxygen atoms in total. The lowest BCUT2D eigenvalue weighted by Gasteiger charge is -2.23. The Morgan fingerprint density at radius 2 is 2.05 bits per heavy atom. The van der Waals surface area contributed by atoms with Gasteiger partial charge in [-0.15, -0.1) is 0 Å².